The molecule has 0 aliphatic rings. The molecular formula is C10H16N2S. The molecule has 0 unspecified atom stereocenters. The summed E-state index contributed by atoms with van der Waals surface area (Å²) in [5.41, 5.74) is 2.58. The van der Waals surface area contributed by atoms with Crippen molar-refractivity contribution in [2.24, 2.45) is 7.05 Å². The Morgan fingerprint density at radius 2 is 2.46 bits per heavy atom. The van der Waals surface area contributed by atoms with Crippen LogP contribution in [-0.2, 0) is 12.8 Å². The third-order valence-electron chi connectivity index (χ3n) is 1.98. The molecule has 0 radical (unpaired) electrons. The molecular weight excluding hydrogens is 180 g/mol. The smallest absolute Gasteiger partial charge is 0.0492 e. The summed E-state index contributed by atoms with van der Waals surface area (Å²) >= 11 is 1.90. The fraction of sp³-hybridized carbons (Fsp3) is 0.500. The van der Waals surface area contributed by atoms with E-state index in [0.29, 0.717) is 0 Å². The van der Waals surface area contributed by atoms with Crippen molar-refractivity contribution in [2.45, 2.75) is 19.1 Å². The van der Waals surface area contributed by atoms with Crippen LogP contribution in [-0.4, -0.2) is 15.5 Å². The molecule has 0 bridgehead atoms. The zero-order chi connectivity index (χ0) is 9.68. The topological polar surface area (TPSA) is 17.8 Å². The van der Waals surface area contributed by atoms with Crippen molar-refractivity contribution < 1.29 is 0 Å². The molecule has 0 atom stereocenters. The Hall–Kier alpha value is -0.700. The molecule has 2 nitrogen and oxygen atoms in total. The Balaban J connectivity index is 2.28. The van der Waals surface area contributed by atoms with Gasteiger partial charge in [-0.25, -0.2) is 0 Å². The lowest BCUT2D eigenvalue weighted by atomic mass is 10.3. The highest BCUT2D eigenvalue weighted by atomic mass is 32.2. The number of rotatable bonds is 5. The molecule has 0 aliphatic heterocycles. The van der Waals surface area contributed by atoms with E-state index < -0.39 is 0 Å². The average molecular weight is 196 g/mol. The molecule has 1 heterocycles. The van der Waals surface area contributed by atoms with Gasteiger partial charge in [-0.3, -0.25) is 4.68 Å². The molecule has 0 N–H and O–H groups in total. The molecule has 0 spiro atoms. The van der Waals surface area contributed by atoms with Gasteiger partial charge in [-0.05, 0) is 12.5 Å². The lowest BCUT2D eigenvalue weighted by molar-refractivity contribution is 0.736. The summed E-state index contributed by atoms with van der Waals surface area (Å²) in [4.78, 5) is 0. The first-order chi connectivity index (χ1) is 6.24. The average Bonchev–Trinajstić information content (AvgIpc) is 2.52. The molecule has 13 heavy (non-hydrogen) atoms. The van der Waals surface area contributed by atoms with E-state index in [1.165, 1.54) is 11.3 Å². The van der Waals surface area contributed by atoms with Crippen molar-refractivity contribution in [3.63, 3.8) is 0 Å². The maximum absolute atomic E-state index is 4.12. The predicted molar refractivity (Wildman–Crippen MR) is 58.8 cm³/mol. The van der Waals surface area contributed by atoms with E-state index in [0.717, 1.165) is 17.9 Å². The summed E-state index contributed by atoms with van der Waals surface area (Å²) in [5.74, 6) is 2.08. The summed E-state index contributed by atoms with van der Waals surface area (Å²) in [6.45, 7) is 6.12. The number of aryl methyl sites for hydroxylation is 1. The summed E-state index contributed by atoms with van der Waals surface area (Å²) in [6, 6.07) is 2.06. The monoisotopic (exact) mass is 196 g/mol. The van der Waals surface area contributed by atoms with Gasteiger partial charge in [0.1, 0.15) is 0 Å². The van der Waals surface area contributed by atoms with E-state index in [9.17, 15) is 0 Å². The van der Waals surface area contributed by atoms with Gasteiger partial charge in [0.25, 0.3) is 0 Å². The van der Waals surface area contributed by atoms with Crippen LogP contribution in [0.15, 0.2) is 24.4 Å². The number of aromatic nitrogens is 2. The van der Waals surface area contributed by atoms with Crippen molar-refractivity contribution >= 4 is 11.8 Å². The van der Waals surface area contributed by atoms with Gasteiger partial charge in [-0.1, -0.05) is 19.1 Å². The van der Waals surface area contributed by atoms with E-state index in [-0.39, 0.29) is 0 Å². The Labute approximate surface area is 84.0 Å². The highest BCUT2D eigenvalue weighted by Gasteiger charge is 1.98. The zero-order valence-corrected chi connectivity index (χ0v) is 9.10. The van der Waals surface area contributed by atoms with Gasteiger partial charge in [-0.15, -0.1) is 0 Å². The third kappa shape index (κ3) is 3.27. The number of hydrogen-bond acceptors (Lipinski definition) is 2. The largest absolute Gasteiger partial charge is 0.272 e. The van der Waals surface area contributed by atoms with Crippen LogP contribution in [0.1, 0.15) is 19.0 Å². The van der Waals surface area contributed by atoms with Crippen LogP contribution in [0.4, 0.5) is 0 Å². The maximum atomic E-state index is 4.12. The molecule has 72 valence electrons. The second kappa shape index (κ2) is 5.12. The lowest BCUT2D eigenvalue weighted by Crippen LogP contribution is -1.96. The molecule has 1 aromatic heterocycles. The highest BCUT2D eigenvalue weighted by Crippen LogP contribution is 2.14. The fourth-order valence-electron chi connectivity index (χ4n) is 0.945. The van der Waals surface area contributed by atoms with E-state index in [1.807, 2.05) is 29.7 Å². The van der Waals surface area contributed by atoms with E-state index in [4.69, 9.17) is 0 Å². The van der Waals surface area contributed by atoms with Gasteiger partial charge in [-0.2, -0.15) is 16.9 Å². The van der Waals surface area contributed by atoms with E-state index in [2.05, 4.69) is 24.7 Å². The van der Waals surface area contributed by atoms with Gasteiger partial charge in [0.2, 0.25) is 0 Å². The molecule has 0 amide bonds. The summed E-state index contributed by atoms with van der Waals surface area (Å²) in [7, 11) is 1.98. The quantitative estimate of drug-likeness (QED) is 0.674. The Bertz CT molecular complexity index is 278. The molecule has 0 aromatic carbocycles. The number of thioether (sulfide) groups is 1. The van der Waals surface area contributed by atoms with Crippen molar-refractivity contribution in [2.75, 3.05) is 5.75 Å². The van der Waals surface area contributed by atoms with Crippen LogP contribution in [0.25, 0.3) is 0 Å². The normalized spacial score (nSPS) is 10.3. The van der Waals surface area contributed by atoms with Crippen LogP contribution in [0.5, 0.6) is 0 Å². The van der Waals surface area contributed by atoms with Crippen molar-refractivity contribution in [3.05, 3.63) is 30.1 Å². The SMILES string of the molecule is C=C(CC)CSCc1ccnn1C. The van der Waals surface area contributed by atoms with Crippen molar-refractivity contribution in [1.82, 2.24) is 9.78 Å². The van der Waals surface area contributed by atoms with Gasteiger partial charge in [0.15, 0.2) is 0 Å². The minimum Gasteiger partial charge on any atom is -0.272 e. The summed E-state index contributed by atoms with van der Waals surface area (Å²) in [5, 5.41) is 4.12. The first kappa shape index (κ1) is 10.4. The zero-order valence-electron chi connectivity index (χ0n) is 8.29. The van der Waals surface area contributed by atoms with Crippen molar-refractivity contribution in [3.8, 4) is 0 Å². The van der Waals surface area contributed by atoms with Crippen LogP contribution in [0, 0.1) is 0 Å². The van der Waals surface area contributed by atoms with Gasteiger partial charge >= 0.3 is 0 Å². The molecule has 0 saturated heterocycles. The Morgan fingerprint density at radius 1 is 1.69 bits per heavy atom. The van der Waals surface area contributed by atoms with Crippen LogP contribution in [0.2, 0.25) is 0 Å². The molecule has 0 aliphatic carbocycles. The van der Waals surface area contributed by atoms with Crippen LogP contribution < -0.4 is 0 Å². The van der Waals surface area contributed by atoms with Gasteiger partial charge in [0, 0.05) is 30.4 Å². The van der Waals surface area contributed by atoms with E-state index >= 15 is 0 Å². The predicted octanol–water partition coefficient (Wildman–Crippen LogP) is 2.62. The standard InChI is InChI=1S/C10H16N2S/c1-4-9(2)7-13-8-10-5-6-11-12(10)3/h5-6H,2,4,7-8H2,1,3H3. The van der Waals surface area contributed by atoms with E-state index in [1.54, 1.807) is 0 Å². The highest BCUT2D eigenvalue weighted by molar-refractivity contribution is 7.98. The summed E-state index contributed by atoms with van der Waals surface area (Å²) in [6.07, 6.45) is 2.92. The second-order valence-corrected chi connectivity index (χ2v) is 4.03. The summed E-state index contributed by atoms with van der Waals surface area (Å²) < 4.78 is 1.92. The minimum absolute atomic E-state index is 1.02. The second-order valence-electron chi connectivity index (χ2n) is 3.04. The minimum atomic E-state index is 1.02. The number of hydrogen-bond donors (Lipinski definition) is 0. The van der Waals surface area contributed by atoms with Gasteiger partial charge in [0.05, 0.1) is 0 Å². The van der Waals surface area contributed by atoms with Crippen LogP contribution >= 0.6 is 11.8 Å². The van der Waals surface area contributed by atoms with Crippen LogP contribution in [0.3, 0.4) is 0 Å². The van der Waals surface area contributed by atoms with Gasteiger partial charge < -0.3 is 0 Å². The molecule has 1 rings (SSSR count). The molecule has 3 heteroatoms. The Kier molecular flexibility index (Phi) is 4.09. The van der Waals surface area contributed by atoms with Crippen molar-refractivity contribution in [1.29, 1.82) is 0 Å². The Morgan fingerprint density at radius 3 is 3.00 bits per heavy atom. The molecule has 0 fully saturated rings. The first-order valence-electron chi connectivity index (χ1n) is 4.45. The lowest BCUT2D eigenvalue weighted by Gasteiger charge is -2.03. The molecule has 0 saturated carbocycles. The number of nitrogens with zero attached hydrogens (tertiary/aromatic N) is 2. The maximum Gasteiger partial charge on any atom is 0.0492 e. The molecule has 1 aromatic rings. The fourth-order valence-corrected chi connectivity index (χ4v) is 2.03. The first-order valence-corrected chi connectivity index (χ1v) is 5.60. The third-order valence-corrected chi connectivity index (χ3v) is 3.09.